The molecule has 9 heteroatoms. The van der Waals surface area contributed by atoms with Crippen LogP contribution in [0.3, 0.4) is 0 Å². The van der Waals surface area contributed by atoms with E-state index in [2.05, 4.69) is 19.8 Å². The zero-order valence-corrected chi connectivity index (χ0v) is 16.3. The van der Waals surface area contributed by atoms with Crippen molar-refractivity contribution in [1.82, 2.24) is 10.1 Å². The van der Waals surface area contributed by atoms with E-state index in [1.807, 2.05) is 31.2 Å². The fourth-order valence-corrected chi connectivity index (χ4v) is 4.34. The molecule has 142 valence electrons. The van der Waals surface area contributed by atoms with E-state index in [1.54, 1.807) is 30.9 Å². The SMILES string of the molecule is Cc1cccc(NP(C)(=O)Cc2ccc(-c3noc(C(F)(F)Cl)n3)cc2)c1. The van der Waals surface area contributed by atoms with E-state index in [0.717, 1.165) is 16.8 Å². The lowest BCUT2D eigenvalue weighted by atomic mass is 10.1. The van der Waals surface area contributed by atoms with Crippen LogP contribution < -0.4 is 5.09 Å². The molecule has 3 rings (SSSR count). The van der Waals surface area contributed by atoms with Crippen molar-refractivity contribution in [3.63, 3.8) is 0 Å². The molecule has 3 aromatic rings. The molecule has 0 bridgehead atoms. The van der Waals surface area contributed by atoms with Gasteiger partial charge in [-0.05, 0) is 41.8 Å². The molecule has 1 aromatic heterocycles. The van der Waals surface area contributed by atoms with Gasteiger partial charge in [0.15, 0.2) is 7.29 Å². The lowest BCUT2D eigenvalue weighted by Gasteiger charge is -2.17. The first-order chi connectivity index (χ1) is 12.6. The second-order valence-corrected chi connectivity index (χ2v) is 9.57. The Kier molecular flexibility index (Phi) is 5.36. The average molecular weight is 412 g/mol. The molecule has 1 atom stereocenters. The Morgan fingerprint density at radius 1 is 1.22 bits per heavy atom. The number of aryl methyl sites for hydroxylation is 1. The van der Waals surface area contributed by atoms with E-state index >= 15 is 0 Å². The molecule has 0 aliphatic heterocycles. The maximum Gasteiger partial charge on any atom is 0.400 e. The van der Waals surface area contributed by atoms with Gasteiger partial charge in [0.1, 0.15) is 0 Å². The minimum atomic E-state index is -3.71. The number of nitrogens with zero attached hydrogens (tertiary/aromatic N) is 2. The molecule has 0 amide bonds. The number of anilines is 1. The first-order valence-corrected chi connectivity index (χ1v) is 10.8. The van der Waals surface area contributed by atoms with Crippen molar-refractivity contribution in [2.45, 2.75) is 18.5 Å². The molecule has 0 radical (unpaired) electrons. The Bertz CT molecular complexity index is 987. The quantitative estimate of drug-likeness (QED) is 0.407. The van der Waals surface area contributed by atoms with Crippen LogP contribution in [0.15, 0.2) is 53.1 Å². The first kappa shape index (κ1) is 19.5. The third-order valence-corrected chi connectivity index (χ3v) is 5.61. The summed E-state index contributed by atoms with van der Waals surface area (Å²) in [5.74, 6) is -0.946. The summed E-state index contributed by atoms with van der Waals surface area (Å²) in [6.45, 7) is 3.64. The van der Waals surface area contributed by atoms with Crippen LogP contribution in [0.25, 0.3) is 11.4 Å². The average Bonchev–Trinajstić information content (AvgIpc) is 3.05. The summed E-state index contributed by atoms with van der Waals surface area (Å²) < 4.78 is 43.3. The Balaban J connectivity index is 1.71. The van der Waals surface area contributed by atoms with Gasteiger partial charge in [-0.15, -0.1) is 0 Å². The summed E-state index contributed by atoms with van der Waals surface area (Å²) in [6.07, 6.45) is 0.332. The Hall–Kier alpha value is -2.24. The third kappa shape index (κ3) is 5.15. The van der Waals surface area contributed by atoms with Gasteiger partial charge in [-0.1, -0.05) is 41.6 Å². The van der Waals surface area contributed by atoms with E-state index in [4.69, 9.17) is 11.6 Å². The number of nitrogens with one attached hydrogen (secondary N) is 1. The van der Waals surface area contributed by atoms with Gasteiger partial charge in [0.05, 0.1) is 0 Å². The van der Waals surface area contributed by atoms with Gasteiger partial charge in [-0.2, -0.15) is 13.8 Å². The van der Waals surface area contributed by atoms with Crippen molar-refractivity contribution in [3.8, 4) is 11.4 Å². The summed E-state index contributed by atoms with van der Waals surface area (Å²) in [5, 5.41) is 2.89. The largest absolute Gasteiger partial charge is 0.400 e. The molecule has 0 spiro atoms. The number of aromatic nitrogens is 2. The van der Waals surface area contributed by atoms with E-state index in [0.29, 0.717) is 11.7 Å². The summed E-state index contributed by atoms with van der Waals surface area (Å²) >= 11 is 4.87. The van der Waals surface area contributed by atoms with Crippen molar-refractivity contribution < 1.29 is 17.9 Å². The normalized spacial score (nSPS) is 14.0. The van der Waals surface area contributed by atoms with Gasteiger partial charge in [-0.25, -0.2) is 0 Å². The van der Waals surface area contributed by atoms with Gasteiger partial charge < -0.3 is 14.2 Å². The molecule has 27 heavy (non-hydrogen) atoms. The van der Waals surface area contributed by atoms with Crippen LogP contribution in [-0.4, -0.2) is 16.8 Å². The van der Waals surface area contributed by atoms with Crippen molar-refractivity contribution >= 4 is 24.6 Å². The molecule has 0 saturated carbocycles. The second kappa shape index (κ2) is 7.41. The van der Waals surface area contributed by atoms with Crippen molar-refractivity contribution in [2.75, 3.05) is 11.8 Å². The maximum atomic E-state index is 13.0. The van der Waals surface area contributed by atoms with Crippen LogP contribution in [0.4, 0.5) is 14.5 Å². The molecular weight excluding hydrogens is 395 g/mol. The summed E-state index contributed by atoms with van der Waals surface area (Å²) in [6, 6.07) is 14.5. The fraction of sp³-hybridized carbons (Fsp3) is 0.222. The smallest absolute Gasteiger partial charge is 0.336 e. The Morgan fingerprint density at radius 3 is 2.52 bits per heavy atom. The van der Waals surface area contributed by atoms with Crippen LogP contribution in [0.1, 0.15) is 17.0 Å². The molecule has 2 aromatic carbocycles. The molecular formula is C18H17ClF2N3O2P. The predicted octanol–water partition coefficient (Wildman–Crippen LogP) is 5.85. The van der Waals surface area contributed by atoms with Crippen LogP contribution in [0.2, 0.25) is 0 Å². The molecule has 1 N–H and O–H groups in total. The highest BCUT2D eigenvalue weighted by atomic mass is 35.5. The van der Waals surface area contributed by atoms with Gasteiger partial charge in [0.25, 0.3) is 0 Å². The third-order valence-electron chi connectivity index (χ3n) is 3.75. The van der Waals surface area contributed by atoms with Crippen LogP contribution in [0.5, 0.6) is 0 Å². The summed E-state index contributed by atoms with van der Waals surface area (Å²) in [5.41, 5.74) is 3.20. The standard InChI is InChI=1S/C18H17ClF2N3O2P/c1-12-4-3-5-15(10-12)24-27(2,25)11-13-6-8-14(9-7-13)16-22-17(26-23-16)18(19,20)21/h3-10H,11H2,1-2H3,(H,24,25). The topological polar surface area (TPSA) is 68.0 Å². The summed E-state index contributed by atoms with van der Waals surface area (Å²) in [7, 11) is -2.68. The minimum absolute atomic E-state index is 0.00874. The van der Waals surface area contributed by atoms with Crippen molar-refractivity contribution in [2.24, 2.45) is 0 Å². The molecule has 0 fully saturated rings. The highest BCUT2D eigenvalue weighted by molar-refractivity contribution is 7.63. The lowest BCUT2D eigenvalue weighted by molar-refractivity contribution is 0.0551. The van der Waals surface area contributed by atoms with Gasteiger partial charge >= 0.3 is 11.3 Å². The molecule has 5 nitrogen and oxygen atoms in total. The number of alkyl halides is 3. The first-order valence-electron chi connectivity index (χ1n) is 8.04. The molecule has 1 heterocycles. The van der Waals surface area contributed by atoms with Crippen LogP contribution in [0, 0.1) is 6.92 Å². The number of rotatable bonds is 6. The van der Waals surface area contributed by atoms with E-state index in [1.165, 1.54) is 0 Å². The number of halogens is 3. The zero-order chi connectivity index (χ0) is 19.7. The lowest BCUT2D eigenvalue weighted by Crippen LogP contribution is -2.03. The van der Waals surface area contributed by atoms with Crippen LogP contribution >= 0.6 is 18.9 Å². The second-order valence-electron chi connectivity index (χ2n) is 6.36. The Morgan fingerprint density at radius 2 is 1.93 bits per heavy atom. The highest BCUT2D eigenvalue weighted by Crippen LogP contribution is 2.45. The van der Waals surface area contributed by atoms with Crippen molar-refractivity contribution in [1.29, 1.82) is 0 Å². The molecule has 0 aliphatic rings. The molecule has 0 saturated heterocycles. The number of hydrogen-bond donors (Lipinski definition) is 1. The zero-order valence-electron chi connectivity index (χ0n) is 14.6. The fourth-order valence-electron chi connectivity index (χ4n) is 2.59. The van der Waals surface area contributed by atoms with Crippen molar-refractivity contribution in [3.05, 3.63) is 65.5 Å². The maximum absolute atomic E-state index is 13.0. The van der Waals surface area contributed by atoms with Crippen LogP contribution in [-0.2, 0) is 16.1 Å². The minimum Gasteiger partial charge on any atom is -0.336 e. The number of hydrogen-bond acceptors (Lipinski definition) is 4. The van der Waals surface area contributed by atoms with E-state index in [-0.39, 0.29) is 5.82 Å². The van der Waals surface area contributed by atoms with Gasteiger partial charge in [0, 0.05) is 24.1 Å². The highest BCUT2D eigenvalue weighted by Gasteiger charge is 2.35. The molecule has 0 aliphatic carbocycles. The van der Waals surface area contributed by atoms with E-state index < -0.39 is 18.6 Å². The monoisotopic (exact) mass is 411 g/mol. The van der Waals surface area contributed by atoms with Gasteiger partial charge in [-0.3, -0.25) is 0 Å². The Labute approximate surface area is 160 Å². The summed E-state index contributed by atoms with van der Waals surface area (Å²) in [4.78, 5) is 3.59. The predicted molar refractivity (Wildman–Crippen MR) is 102 cm³/mol. The van der Waals surface area contributed by atoms with Gasteiger partial charge in [0.2, 0.25) is 5.82 Å². The van der Waals surface area contributed by atoms with E-state index in [9.17, 15) is 13.3 Å². The molecule has 1 unspecified atom stereocenters. The number of benzene rings is 2.